The molecule has 0 fully saturated rings. The second-order valence-electron chi connectivity index (χ2n) is 5.03. The van der Waals surface area contributed by atoms with E-state index in [-0.39, 0.29) is 6.42 Å². The van der Waals surface area contributed by atoms with E-state index in [0.717, 1.165) is 11.1 Å². The molecule has 0 spiro atoms. The van der Waals surface area contributed by atoms with Gasteiger partial charge in [0.15, 0.2) is 0 Å². The van der Waals surface area contributed by atoms with Crippen molar-refractivity contribution in [1.29, 1.82) is 0 Å². The molecule has 2 aromatic rings. The third kappa shape index (κ3) is 5.68. The van der Waals surface area contributed by atoms with Crippen LogP contribution in [0.25, 0.3) is 0 Å². The van der Waals surface area contributed by atoms with E-state index in [9.17, 15) is 9.59 Å². The highest BCUT2D eigenvalue weighted by Gasteiger charge is 2.09. The van der Waals surface area contributed by atoms with E-state index < -0.39 is 11.8 Å². The van der Waals surface area contributed by atoms with Gasteiger partial charge in [-0.25, -0.2) is 5.43 Å². The maximum atomic E-state index is 11.8. The SMILES string of the molecule is Cc1ccc(NC(=O)CC(=O)NN=Cc2ccc(Cl)cc2)cc1Cl. The zero-order chi connectivity index (χ0) is 17.5. The summed E-state index contributed by atoms with van der Waals surface area (Å²) in [4.78, 5) is 23.5. The molecule has 0 aliphatic carbocycles. The number of halogens is 2. The molecule has 5 nitrogen and oxygen atoms in total. The Morgan fingerprint density at radius 1 is 1.08 bits per heavy atom. The summed E-state index contributed by atoms with van der Waals surface area (Å²) in [7, 11) is 0. The van der Waals surface area contributed by atoms with Gasteiger partial charge in [-0.3, -0.25) is 9.59 Å². The maximum absolute atomic E-state index is 11.8. The van der Waals surface area contributed by atoms with E-state index in [1.807, 2.05) is 6.92 Å². The van der Waals surface area contributed by atoms with Crippen LogP contribution in [0.1, 0.15) is 17.5 Å². The van der Waals surface area contributed by atoms with Crippen molar-refractivity contribution < 1.29 is 9.59 Å². The van der Waals surface area contributed by atoms with Crippen molar-refractivity contribution in [3.05, 3.63) is 63.6 Å². The quantitative estimate of drug-likeness (QED) is 0.482. The van der Waals surface area contributed by atoms with Gasteiger partial charge in [-0.2, -0.15) is 5.10 Å². The smallest absolute Gasteiger partial charge is 0.249 e. The Kier molecular flexibility index (Phi) is 6.35. The number of rotatable bonds is 5. The van der Waals surface area contributed by atoms with Gasteiger partial charge in [0.25, 0.3) is 0 Å². The molecule has 124 valence electrons. The maximum Gasteiger partial charge on any atom is 0.249 e. The number of benzene rings is 2. The Balaban J connectivity index is 1.81. The highest BCUT2D eigenvalue weighted by Crippen LogP contribution is 2.19. The summed E-state index contributed by atoms with van der Waals surface area (Å²) in [6, 6.07) is 12.1. The number of hydrogen-bond donors (Lipinski definition) is 2. The lowest BCUT2D eigenvalue weighted by Gasteiger charge is -2.06. The summed E-state index contributed by atoms with van der Waals surface area (Å²) in [5.74, 6) is -0.968. The van der Waals surface area contributed by atoms with Crippen molar-refractivity contribution >= 4 is 46.9 Å². The molecule has 0 heterocycles. The zero-order valence-corrected chi connectivity index (χ0v) is 14.4. The fourth-order valence-corrected chi connectivity index (χ4v) is 2.10. The second-order valence-corrected chi connectivity index (χ2v) is 5.88. The molecular formula is C17H15Cl2N3O2. The minimum atomic E-state index is -0.518. The lowest BCUT2D eigenvalue weighted by molar-refractivity contribution is -0.126. The highest BCUT2D eigenvalue weighted by atomic mass is 35.5. The molecule has 2 N–H and O–H groups in total. The largest absolute Gasteiger partial charge is 0.326 e. The molecule has 7 heteroatoms. The lowest BCUT2D eigenvalue weighted by atomic mass is 10.2. The summed E-state index contributed by atoms with van der Waals surface area (Å²) < 4.78 is 0. The monoisotopic (exact) mass is 363 g/mol. The molecule has 0 saturated carbocycles. The third-order valence-corrected chi connectivity index (χ3v) is 3.71. The first-order valence-corrected chi connectivity index (χ1v) is 7.83. The van der Waals surface area contributed by atoms with Crippen LogP contribution in [-0.2, 0) is 9.59 Å². The van der Waals surface area contributed by atoms with Crippen LogP contribution in [0.5, 0.6) is 0 Å². The van der Waals surface area contributed by atoms with Gasteiger partial charge in [0, 0.05) is 15.7 Å². The van der Waals surface area contributed by atoms with Crippen molar-refractivity contribution in [1.82, 2.24) is 5.43 Å². The number of carbonyl (C=O) groups excluding carboxylic acids is 2. The molecule has 24 heavy (non-hydrogen) atoms. The summed E-state index contributed by atoms with van der Waals surface area (Å²) in [5, 5.41) is 7.55. The fourth-order valence-electron chi connectivity index (χ4n) is 1.79. The summed E-state index contributed by atoms with van der Waals surface area (Å²) in [5.41, 5.74) is 4.51. The van der Waals surface area contributed by atoms with Crippen LogP contribution in [0.15, 0.2) is 47.6 Å². The van der Waals surface area contributed by atoms with Gasteiger partial charge >= 0.3 is 0 Å². The molecule has 2 aromatic carbocycles. The van der Waals surface area contributed by atoms with E-state index in [2.05, 4.69) is 15.8 Å². The predicted molar refractivity (Wildman–Crippen MR) is 96.6 cm³/mol. The first-order chi connectivity index (χ1) is 11.4. The first-order valence-electron chi connectivity index (χ1n) is 7.07. The summed E-state index contributed by atoms with van der Waals surface area (Å²) in [6.07, 6.45) is 1.12. The van der Waals surface area contributed by atoms with Crippen LogP contribution in [0.4, 0.5) is 5.69 Å². The van der Waals surface area contributed by atoms with Crippen molar-refractivity contribution in [3.8, 4) is 0 Å². The average molecular weight is 364 g/mol. The molecule has 0 aromatic heterocycles. The zero-order valence-electron chi connectivity index (χ0n) is 12.8. The van der Waals surface area contributed by atoms with Crippen molar-refractivity contribution in [2.45, 2.75) is 13.3 Å². The Hall–Kier alpha value is -2.37. The first kappa shape index (κ1) is 18.0. The normalized spacial score (nSPS) is 10.6. The van der Waals surface area contributed by atoms with E-state index in [0.29, 0.717) is 15.7 Å². The molecule has 0 aliphatic heterocycles. The van der Waals surface area contributed by atoms with E-state index >= 15 is 0 Å². The predicted octanol–water partition coefficient (Wildman–Crippen LogP) is 3.78. The van der Waals surface area contributed by atoms with Gasteiger partial charge in [0.05, 0.1) is 6.21 Å². The number of hydrogen-bond acceptors (Lipinski definition) is 3. The summed E-state index contributed by atoms with van der Waals surface area (Å²) in [6.45, 7) is 1.86. The van der Waals surface area contributed by atoms with Crippen LogP contribution >= 0.6 is 23.2 Å². The molecule has 0 radical (unpaired) electrons. The Bertz CT molecular complexity index is 774. The Morgan fingerprint density at radius 2 is 1.79 bits per heavy atom. The van der Waals surface area contributed by atoms with Crippen molar-refractivity contribution in [2.24, 2.45) is 5.10 Å². The Morgan fingerprint density at radius 3 is 2.46 bits per heavy atom. The molecule has 2 amide bonds. The van der Waals surface area contributed by atoms with Crippen LogP contribution < -0.4 is 10.7 Å². The number of anilines is 1. The lowest BCUT2D eigenvalue weighted by Crippen LogP contribution is -2.24. The van der Waals surface area contributed by atoms with Crippen LogP contribution in [-0.4, -0.2) is 18.0 Å². The molecule has 0 atom stereocenters. The van der Waals surface area contributed by atoms with Gasteiger partial charge < -0.3 is 5.32 Å². The average Bonchev–Trinajstić information content (AvgIpc) is 2.53. The summed E-state index contributed by atoms with van der Waals surface area (Å²) >= 11 is 11.8. The Labute approximate surface area is 149 Å². The molecule has 0 bridgehead atoms. The second kappa shape index (κ2) is 8.47. The number of aryl methyl sites for hydroxylation is 1. The molecule has 2 rings (SSSR count). The minimum Gasteiger partial charge on any atom is -0.326 e. The van der Waals surface area contributed by atoms with E-state index in [4.69, 9.17) is 23.2 Å². The molecule has 0 saturated heterocycles. The van der Waals surface area contributed by atoms with E-state index in [1.165, 1.54) is 6.21 Å². The number of amides is 2. The highest BCUT2D eigenvalue weighted by molar-refractivity contribution is 6.31. The number of carbonyl (C=O) groups is 2. The molecule has 0 unspecified atom stereocenters. The number of hydrazone groups is 1. The van der Waals surface area contributed by atoms with Gasteiger partial charge in [0.2, 0.25) is 11.8 Å². The van der Waals surface area contributed by atoms with Gasteiger partial charge in [-0.1, -0.05) is 41.4 Å². The van der Waals surface area contributed by atoms with Crippen molar-refractivity contribution in [3.63, 3.8) is 0 Å². The molecular weight excluding hydrogens is 349 g/mol. The van der Waals surface area contributed by atoms with Crippen LogP contribution in [0.3, 0.4) is 0 Å². The van der Waals surface area contributed by atoms with Crippen LogP contribution in [0.2, 0.25) is 10.0 Å². The van der Waals surface area contributed by atoms with Crippen LogP contribution in [0, 0.1) is 6.92 Å². The number of nitrogens with zero attached hydrogens (tertiary/aromatic N) is 1. The molecule has 0 aliphatic rings. The van der Waals surface area contributed by atoms with Crippen molar-refractivity contribution in [2.75, 3.05) is 5.32 Å². The van der Waals surface area contributed by atoms with Gasteiger partial charge in [0.1, 0.15) is 6.42 Å². The van der Waals surface area contributed by atoms with E-state index in [1.54, 1.807) is 42.5 Å². The fraction of sp³-hybridized carbons (Fsp3) is 0.118. The number of nitrogens with one attached hydrogen (secondary N) is 2. The topological polar surface area (TPSA) is 70.6 Å². The minimum absolute atomic E-state index is 0.344. The van der Waals surface area contributed by atoms with Gasteiger partial charge in [-0.15, -0.1) is 0 Å². The third-order valence-electron chi connectivity index (χ3n) is 3.05. The standard InChI is InChI=1S/C17H15Cl2N3O2/c1-11-2-7-14(8-15(11)19)21-16(23)9-17(24)22-20-10-12-3-5-13(18)6-4-12/h2-8,10H,9H2,1H3,(H,21,23)(H,22,24). The van der Waals surface area contributed by atoms with Gasteiger partial charge in [-0.05, 0) is 42.3 Å².